The van der Waals surface area contributed by atoms with Gasteiger partial charge in [-0.05, 0) is 251 Å². The van der Waals surface area contributed by atoms with Crippen LogP contribution in [0.3, 0.4) is 0 Å². The van der Waals surface area contributed by atoms with Crippen molar-refractivity contribution in [1.29, 1.82) is 0 Å². The number of para-hydroxylation sites is 7. The summed E-state index contributed by atoms with van der Waals surface area (Å²) in [5.74, 6) is 0. The molecule has 0 saturated carbocycles. The molecule has 0 fully saturated rings. The Balaban J connectivity index is 0.544. The lowest BCUT2D eigenvalue weighted by atomic mass is 9.91. The predicted molar refractivity (Wildman–Crippen MR) is 530 cm³/mol. The van der Waals surface area contributed by atoms with E-state index in [1.54, 1.807) is 0 Å². The van der Waals surface area contributed by atoms with Crippen LogP contribution in [0, 0.1) is 0 Å². The first-order valence-electron chi connectivity index (χ1n) is 43.2. The summed E-state index contributed by atoms with van der Waals surface area (Å²) in [6.07, 6.45) is 0. The summed E-state index contributed by atoms with van der Waals surface area (Å²) >= 11 is 0. The number of aromatic nitrogens is 2. The summed E-state index contributed by atoms with van der Waals surface area (Å²) < 4.78 is 18.2. The molecule has 21 aromatic carbocycles. The summed E-state index contributed by atoms with van der Waals surface area (Å²) in [6.45, 7) is 0. The quantitative estimate of drug-likeness (QED) is 0.0960. The van der Waals surface area contributed by atoms with Gasteiger partial charge in [0, 0.05) is 94.0 Å². The van der Waals surface area contributed by atoms with Crippen LogP contribution in [0.15, 0.2) is 470 Å². The van der Waals surface area contributed by atoms with Gasteiger partial charge in [0.05, 0.1) is 27.8 Å². The van der Waals surface area contributed by atoms with Crippen molar-refractivity contribution in [3.8, 4) is 89.3 Å². The van der Waals surface area contributed by atoms with E-state index in [4.69, 9.17) is 8.83 Å². The molecule has 4 heterocycles. The van der Waals surface area contributed by atoms with Crippen LogP contribution in [-0.4, -0.2) is 9.13 Å². The molecule has 0 atom stereocenters. The second-order valence-corrected chi connectivity index (χ2v) is 32.9. The van der Waals surface area contributed by atoms with Gasteiger partial charge in [0.15, 0.2) is 0 Å². The van der Waals surface area contributed by atoms with Crippen LogP contribution in [0.2, 0.25) is 0 Å². The fraction of sp³-hybridized carbons (Fsp3) is 0. The van der Waals surface area contributed by atoms with Crippen molar-refractivity contribution in [3.63, 3.8) is 0 Å². The van der Waals surface area contributed by atoms with Crippen molar-refractivity contribution in [3.05, 3.63) is 461 Å². The van der Waals surface area contributed by atoms with Crippen LogP contribution < -0.4 is 9.80 Å². The van der Waals surface area contributed by atoms with Gasteiger partial charge in [-0.25, -0.2) is 0 Å². The van der Waals surface area contributed by atoms with Crippen molar-refractivity contribution < 1.29 is 8.83 Å². The number of nitrogens with zero attached hydrogens (tertiary/aromatic N) is 4. The second-order valence-electron chi connectivity index (χ2n) is 32.9. The fourth-order valence-corrected chi connectivity index (χ4v) is 20.0. The van der Waals surface area contributed by atoms with Gasteiger partial charge in [-0.2, -0.15) is 0 Å². The molecule has 0 unspecified atom stereocenters. The maximum absolute atomic E-state index is 7.12. The molecule has 4 aromatic heterocycles. The minimum Gasteiger partial charge on any atom is -0.456 e. The normalized spacial score (nSPS) is 11.8. The topological polar surface area (TPSA) is 42.6 Å². The highest BCUT2D eigenvalue weighted by Crippen LogP contribution is 2.50. The second kappa shape index (κ2) is 29.5. The molecule has 0 bridgehead atoms. The van der Waals surface area contributed by atoms with Gasteiger partial charge in [-0.1, -0.05) is 309 Å². The molecule has 6 nitrogen and oxygen atoms in total. The standard InChI is InChI=1S/C120H76N4O2/c1-2-23-94-86(21-1)76-109(100-25-4-3-24-98(94)100)105-30-9-12-35-110(105)122(90-62-45-78(46-63-90)80-49-66-93(67-50-80)124-113-38-15-7-28-103(113)104-29-8-16-39-114(104)124)91-70-55-83(56-71-91)97-73-74-106(120-119(97)108-32-11-18-41-116(108)126-120)99-34-19-22-85-75-84(57-72-95(85)99)81-51-60-88(61-52-81)121(89-68-53-82(54-69-89)96-33-20-42-117-118(96)107-31-10-17-40-115(107)125-117)87-58-43-77(44-59-87)79-47-64-92(65-48-79)123-111-36-13-5-26-101(111)102-27-6-14-37-112(102)123/h1-76H. The Bertz CT molecular complexity index is 8500. The van der Waals surface area contributed by atoms with Crippen LogP contribution in [0.4, 0.5) is 34.1 Å². The highest BCUT2D eigenvalue weighted by Gasteiger charge is 2.25. The smallest absolute Gasteiger partial charge is 0.143 e. The van der Waals surface area contributed by atoms with Crippen molar-refractivity contribution in [2.45, 2.75) is 0 Å². The number of hydrogen-bond donors (Lipinski definition) is 0. The average Bonchev–Trinajstić information content (AvgIpc) is 1.20. The largest absolute Gasteiger partial charge is 0.456 e. The van der Waals surface area contributed by atoms with Gasteiger partial charge in [0.2, 0.25) is 0 Å². The van der Waals surface area contributed by atoms with Crippen LogP contribution in [0.1, 0.15) is 0 Å². The Kier molecular flexibility index (Phi) is 16.9. The molecular formula is C120H76N4O2. The zero-order valence-corrected chi connectivity index (χ0v) is 68.5. The zero-order valence-electron chi connectivity index (χ0n) is 68.5. The number of rotatable bonds is 15. The lowest BCUT2D eigenvalue weighted by Crippen LogP contribution is -2.11. The Morgan fingerprint density at radius 2 is 0.524 bits per heavy atom. The summed E-state index contributed by atoms with van der Waals surface area (Å²) in [7, 11) is 0. The fourth-order valence-electron chi connectivity index (χ4n) is 20.0. The third-order valence-electron chi connectivity index (χ3n) is 26.0. The summed E-state index contributed by atoms with van der Waals surface area (Å²) in [5, 5.41) is 16.6. The third kappa shape index (κ3) is 11.9. The molecule has 25 rings (SSSR count). The highest BCUT2D eigenvalue weighted by atomic mass is 16.3. The summed E-state index contributed by atoms with van der Waals surface area (Å²) in [6, 6.07) is 168. The predicted octanol–water partition coefficient (Wildman–Crippen LogP) is 33.7. The van der Waals surface area contributed by atoms with E-state index in [1.165, 1.54) is 70.7 Å². The van der Waals surface area contributed by atoms with Crippen LogP contribution >= 0.6 is 0 Å². The average molecular weight is 1610 g/mol. The number of hydrogen-bond acceptors (Lipinski definition) is 4. The minimum atomic E-state index is 0.845. The Morgan fingerprint density at radius 3 is 1.06 bits per heavy atom. The number of furan rings is 2. The molecule has 25 aromatic rings. The molecular weight excluding hydrogens is 1530 g/mol. The third-order valence-corrected chi connectivity index (χ3v) is 26.0. The van der Waals surface area contributed by atoms with Gasteiger partial charge >= 0.3 is 0 Å². The van der Waals surface area contributed by atoms with E-state index >= 15 is 0 Å². The van der Waals surface area contributed by atoms with Gasteiger partial charge < -0.3 is 27.8 Å². The molecule has 126 heavy (non-hydrogen) atoms. The number of fused-ring (bicyclic) bond motifs is 16. The zero-order chi connectivity index (χ0) is 82.9. The molecule has 588 valence electrons. The van der Waals surface area contributed by atoms with E-state index in [1.807, 2.05) is 12.1 Å². The molecule has 0 aliphatic heterocycles. The SMILES string of the molecule is c1ccc(N(c2ccc(-c3ccc(-n4c5ccccc5c5ccccc54)cc3)cc2)c2ccc(-c3ccc(-c4cccc5cc(-c6ccc(N(c7ccc(-c8ccc(-n9c%10ccccc%10c%10ccccc%109)cc8)cc7)c7ccc(-c8cccc9oc%10ccccc%10c89)cc7)cc6)ccc45)c4oc5ccccc5c34)cc2)c(-c2cc3ccccc3c3ccccc23)c1. The van der Waals surface area contributed by atoms with Crippen LogP contribution in [0.25, 0.3) is 209 Å². The number of benzene rings is 21. The molecule has 0 N–H and O–H groups in total. The minimum absolute atomic E-state index is 0.845. The molecule has 0 spiro atoms. The highest BCUT2D eigenvalue weighted by molar-refractivity contribution is 6.20. The maximum Gasteiger partial charge on any atom is 0.143 e. The maximum atomic E-state index is 7.12. The number of anilines is 6. The van der Waals surface area contributed by atoms with E-state index in [0.717, 1.165) is 172 Å². The monoisotopic (exact) mass is 1600 g/mol. The van der Waals surface area contributed by atoms with E-state index in [9.17, 15) is 0 Å². The van der Waals surface area contributed by atoms with Crippen molar-refractivity contribution >= 4 is 154 Å². The molecule has 0 saturated heterocycles. The van der Waals surface area contributed by atoms with Gasteiger partial charge in [-0.3, -0.25) is 0 Å². The van der Waals surface area contributed by atoms with E-state index in [2.05, 4.69) is 468 Å². The van der Waals surface area contributed by atoms with Gasteiger partial charge in [-0.15, -0.1) is 0 Å². The lowest BCUT2D eigenvalue weighted by Gasteiger charge is -2.28. The Labute approximate surface area is 727 Å². The molecule has 0 aliphatic rings. The molecule has 0 aliphatic carbocycles. The van der Waals surface area contributed by atoms with E-state index < -0.39 is 0 Å². The van der Waals surface area contributed by atoms with Crippen LogP contribution in [-0.2, 0) is 0 Å². The molecule has 6 heteroatoms. The summed E-state index contributed by atoms with van der Waals surface area (Å²) in [4.78, 5) is 4.79. The van der Waals surface area contributed by atoms with Crippen LogP contribution in [0.5, 0.6) is 0 Å². The Morgan fingerprint density at radius 1 is 0.175 bits per heavy atom. The summed E-state index contributed by atoms with van der Waals surface area (Å²) in [5.41, 5.74) is 32.5. The molecule has 0 radical (unpaired) electrons. The van der Waals surface area contributed by atoms with Crippen molar-refractivity contribution in [2.75, 3.05) is 9.80 Å². The van der Waals surface area contributed by atoms with Crippen molar-refractivity contribution in [2.24, 2.45) is 0 Å². The van der Waals surface area contributed by atoms with E-state index in [-0.39, 0.29) is 0 Å². The lowest BCUT2D eigenvalue weighted by molar-refractivity contribution is 0.669. The Hall–Kier alpha value is -16.8. The van der Waals surface area contributed by atoms with Gasteiger partial charge in [0.1, 0.15) is 22.3 Å². The molecule has 0 amide bonds. The first kappa shape index (κ1) is 72.1. The van der Waals surface area contributed by atoms with Crippen molar-refractivity contribution in [1.82, 2.24) is 9.13 Å². The van der Waals surface area contributed by atoms with E-state index in [0.29, 0.717) is 0 Å². The van der Waals surface area contributed by atoms with Gasteiger partial charge in [0.25, 0.3) is 0 Å². The first-order chi connectivity index (χ1) is 62.5. The first-order valence-corrected chi connectivity index (χ1v) is 43.2.